The molecule has 1 unspecified atom stereocenters. The molecule has 7 heteroatoms. The summed E-state index contributed by atoms with van der Waals surface area (Å²) in [5, 5.41) is 14.9. The summed E-state index contributed by atoms with van der Waals surface area (Å²) in [6.45, 7) is 5.40. The van der Waals surface area contributed by atoms with E-state index in [2.05, 4.69) is 25.6 Å². The maximum absolute atomic E-state index is 8.94. The van der Waals surface area contributed by atoms with Crippen LogP contribution in [0.4, 0.5) is 11.9 Å². The van der Waals surface area contributed by atoms with E-state index in [1.54, 1.807) is 7.05 Å². The molecule has 0 saturated carbocycles. The lowest BCUT2D eigenvalue weighted by Gasteiger charge is -2.10. The highest BCUT2D eigenvalue weighted by atomic mass is 16.5. The molecule has 1 rings (SSSR count). The first-order valence-electron chi connectivity index (χ1n) is 6.61. The molecule has 0 saturated heterocycles. The van der Waals surface area contributed by atoms with Gasteiger partial charge in [0, 0.05) is 20.2 Å². The molecule has 0 radical (unpaired) electrons. The topological polar surface area (TPSA) is 92.2 Å². The number of nitrogens with zero attached hydrogens (tertiary/aromatic N) is 3. The Morgan fingerprint density at radius 1 is 1.26 bits per heavy atom. The SMILES string of the molecule is CCOc1nc(NC)nc(NCCCC(C)CO)n1. The minimum absolute atomic E-state index is 0.226. The Labute approximate surface area is 113 Å². The number of ether oxygens (including phenoxy) is 1. The summed E-state index contributed by atoms with van der Waals surface area (Å²) in [6, 6.07) is 0.313. The van der Waals surface area contributed by atoms with E-state index in [0.717, 1.165) is 19.4 Å². The predicted molar refractivity (Wildman–Crippen MR) is 74.5 cm³/mol. The molecule has 0 aliphatic carbocycles. The van der Waals surface area contributed by atoms with Gasteiger partial charge in [0.15, 0.2) is 0 Å². The number of hydrogen-bond donors (Lipinski definition) is 3. The molecular formula is C12H23N5O2. The van der Waals surface area contributed by atoms with Crippen molar-refractivity contribution in [3.63, 3.8) is 0 Å². The van der Waals surface area contributed by atoms with E-state index < -0.39 is 0 Å². The van der Waals surface area contributed by atoms with Crippen LogP contribution in [-0.2, 0) is 0 Å². The molecule has 1 heterocycles. The van der Waals surface area contributed by atoms with Crippen LogP contribution in [0, 0.1) is 5.92 Å². The second kappa shape index (κ2) is 8.47. The molecule has 7 nitrogen and oxygen atoms in total. The van der Waals surface area contributed by atoms with Crippen molar-refractivity contribution in [1.82, 2.24) is 15.0 Å². The molecule has 0 spiro atoms. The molecule has 1 atom stereocenters. The van der Waals surface area contributed by atoms with Gasteiger partial charge in [-0.25, -0.2) is 0 Å². The van der Waals surface area contributed by atoms with E-state index in [4.69, 9.17) is 9.84 Å². The van der Waals surface area contributed by atoms with Crippen LogP contribution in [0.1, 0.15) is 26.7 Å². The number of anilines is 2. The van der Waals surface area contributed by atoms with Crippen molar-refractivity contribution in [3.8, 4) is 6.01 Å². The molecule has 1 aromatic rings. The molecular weight excluding hydrogens is 246 g/mol. The van der Waals surface area contributed by atoms with Gasteiger partial charge in [0.05, 0.1) is 6.61 Å². The van der Waals surface area contributed by atoms with Gasteiger partial charge in [0.1, 0.15) is 0 Å². The number of hydrogen-bond acceptors (Lipinski definition) is 7. The van der Waals surface area contributed by atoms with Crippen LogP contribution in [0.15, 0.2) is 0 Å². The quantitative estimate of drug-likeness (QED) is 0.579. The standard InChI is InChI=1S/C12H23N5O2/c1-4-19-12-16-10(13-3)15-11(17-12)14-7-5-6-9(2)8-18/h9,18H,4-8H2,1-3H3,(H2,13,14,15,16,17). The van der Waals surface area contributed by atoms with E-state index in [1.807, 2.05) is 13.8 Å². The second-order valence-electron chi connectivity index (χ2n) is 4.30. The number of aliphatic hydroxyl groups is 1. The lowest BCUT2D eigenvalue weighted by atomic mass is 10.1. The Morgan fingerprint density at radius 2 is 2.00 bits per heavy atom. The summed E-state index contributed by atoms with van der Waals surface area (Å²) in [7, 11) is 1.75. The van der Waals surface area contributed by atoms with Gasteiger partial charge in [-0.05, 0) is 25.7 Å². The van der Waals surface area contributed by atoms with Crippen molar-refractivity contribution in [2.45, 2.75) is 26.7 Å². The van der Waals surface area contributed by atoms with Gasteiger partial charge in [-0.3, -0.25) is 0 Å². The first-order valence-corrected chi connectivity index (χ1v) is 6.61. The zero-order chi connectivity index (χ0) is 14.1. The van der Waals surface area contributed by atoms with Crippen molar-refractivity contribution in [2.24, 2.45) is 5.92 Å². The van der Waals surface area contributed by atoms with Crippen LogP contribution < -0.4 is 15.4 Å². The summed E-state index contributed by atoms with van der Waals surface area (Å²) < 4.78 is 5.28. The van der Waals surface area contributed by atoms with E-state index >= 15 is 0 Å². The van der Waals surface area contributed by atoms with Crippen molar-refractivity contribution >= 4 is 11.9 Å². The van der Waals surface area contributed by atoms with Crippen molar-refractivity contribution in [3.05, 3.63) is 0 Å². The number of nitrogens with one attached hydrogen (secondary N) is 2. The minimum atomic E-state index is 0.226. The molecule has 3 N–H and O–H groups in total. The Hall–Kier alpha value is -1.63. The third kappa shape index (κ3) is 5.69. The molecule has 0 aliphatic heterocycles. The fourth-order valence-corrected chi connectivity index (χ4v) is 1.48. The summed E-state index contributed by atoms with van der Waals surface area (Å²) in [6.07, 6.45) is 1.91. The monoisotopic (exact) mass is 269 g/mol. The first kappa shape index (κ1) is 15.4. The molecule has 19 heavy (non-hydrogen) atoms. The Bertz CT molecular complexity index is 375. The van der Waals surface area contributed by atoms with E-state index in [-0.39, 0.29) is 6.61 Å². The van der Waals surface area contributed by atoms with Crippen LogP contribution in [0.5, 0.6) is 6.01 Å². The van der Waals surface area contributed by atoms with Crippen molar-refractivity contribution in [2.75, 3.05) is 37.4 Å². The molecule has 0 amide bonds. The molecule has 0 aromatic carbocycles. The maximum atomic E-state index is 8.94. The lowest BCUT2D eigenvalue weighted by Crippen LogP contribution is -2.11. The van der Waals surface area contributed by atoms with Gasteiger partial charge in [-0.2, -0.15) is 15.0 Å². The van der Waals surface area contributed by atoms with E-state index in [1.165, 1.54) is 0 Å². The average molecular weight is 269 g/mol. The fourth-order valence-electron chi connectivity index (χ4n) is 1.48. The normalized spacial score (nSPS) is 12.0. The number of aromatic nitrogens is 3. The predicted octanol–water partition coefficient (Wildman–Crippen LogP) is 1.13. The largest absolute Gasteiger partial charge is 0.464 e. The van der Waals surface area contributed by atoms with Crippen LogP contribution in [0.3, 0.4) is 0 Å². The summed E-state index contributed by atoms with van der Waals surface area (Å²) in [5.74, 6) is 1.30. The fraction of sp³-hybridized carbons (Fsp3) is 0.750. The zero-order valence-electron chi connectivity index (χ0n) is 11.8. The Kier molecular flexibility index (Phi) is 6.88. The third-order valence-corrected chi connectivity index (χ3v) is 2.58. The highest BCUT2D eigenvalue weighted by Gasteiger charge is 2.06. The van der Waals surface area contributed by atoms with Gasteiger partial charge in [0.25, 0.3) is 0 Å². The molecule has 1 aromatic heterocycles. The highest BCUT2D eigenvalue weighted by molar-refractivity contribution is 5.35. The molecule has 0 aliphatic rings. The first-order chi connectivity index (χ1) is 9.19. The second-order valence-corrected chi connectivity index (χ2v) is 4.30. The van der Waals surface area contributed by atoms with Crippen molar-refractivity contribution in [1.29, 1.82) is 0 Å². The van der Waals surface area contributed by atoms with Crippen LogP contribution >= 0.6 is 0 Å². The summed E-state index contributed by atoms with van der Waals surface area (Å²) >= 11 is 0. The van der Waals surface area contributed by atoms with Gasteiger partial charge in [-0.15, -0.1) is 0 Å². The van der Waals surface area contributed by atoms with Gasteiger partial charge < -0.3 is 20.5 Å². The maximum Gasteiger partial charge on any atom is 0.323 e. The number of rotatable bonds is 9. The van der Waals surface area contributed by atoms with Gasteiger partial charge in [-0.1, -0.05) is 6.92 Å². The minimum Gasteiger partial charge on any atom is -0.464 e. The lowest BCUT2D eigenvalue weighted by molar-refractivity contribution is 0.229. The highest BCUT2D eigenvalue weighted by Crippen LogP contribution is 2.11. The van der Waals surface area contributed by atoms with Crippen molar-refractivity contribution < 1.29 is 9.84 Å². The molecule has 0 bridgehead atoms. The smallest absolute Gasteiger partial charge is 0.323 e. The zero-order valence-corrected chi connectivity index (χ0v) is 11.8. The van der Waals surface area contributed by atoms with Crippen LogP contribution in [-0.4, -0.2) is 46.9 Å². The van der Waals surface area contributed by atoms with E-state index in [9.17, 15) is 0 Å². The Morgan fingerprint density at radius 3 is 2.63 bits per heavy atom. The Balaban J connectivity index is 2.49. The molecule has 0 fully saturated rings. The van der Waals surface area contributed by atoms with Crippen LogP contribution in [0.2, 0.25) is 0 Å². The van der Waals surface area contributed by atoms with E-state index in [0.29, 0.717) is 30.4 Å². The summed E-state index contributed by atoms with van der Waals surface area (Å²) in [4.78, 5) is 12.4. The number of aliphatic hydroxyl groups excluding tert-OH is 1. The summed E-state index contributed by atoms with van der Waals surface area (Å²) in [5.41, 5.74) is 0. The van der Waals surface area contributed by atoms with Gasteiger partial charge >= 0.3 is 6.01 Å². The average Bonchev–Trinajstić information content (AvgIpc) is 2.43. The third-order valence-electron chi connectivity index (χ3n) is 2.58. The molecule has 108 valence electrons. The van der Waals surface area contributed by atoms with Gasteiger partial charge in [0.2, 0.25) is 11.9 Å². The van der Waals surface area contributed by atoms with Crippen LogP contribution in [0.25, 0.3) is 0 Å².